The van der Waals surface area contributed by atoms with Gasteiger partial charge in [0, 0.05) is 37.9 Å². The van der Waals surface area contributed by atoms with E-state index in [2.05, 4.69) is 30.3 Å². The first kappa shape index (κ1) is 8.75. The van der Waals surface area contributed by atoms with Gasteiger partial charge in [-0.3, -0.25) is 4.68 Å². The lowest BCUT2D eigenvalue weighted by Crippen LogP contribution is -2.22. The Balaban J connectivity index is 2.31. The highest BCUT2D eigenvalue weighted by Crippen LogP contribution is 2.37. The van der Waals surface area contributed by atoms with Crippen molar-refractivity contribution in [1.29, 1.82) is 0 Å². The van der Waals surface area contributed by atoms with Gasteiger partial charge >= 0.3 is 0 Å². The third kappa shape index (κ3) is 1.37. The molecular weight excluding hydrogens is 162 g/mol. The molecule has 0 radical (unpaired) electrons. The van der Waals surface area contributed by atoms with Gasteiger partial charge in [0.15, 0.2) is 0 Å². The lowest BCUT2D eigenvalue weighted by Gasteiger charge is -2.25. The molecule has 0 saturated carbocycles. The molecule has 72 valence electrons. The third-order valence-electron chi connectivity index (χ3n) is 3.09. The Morgan fingerprint density at radius 1 is 1.62 bits per heavy atom. The first-order chi connectivity index (χ1) is 6.11. The van der Waals surface area contributed by atoms with Crippen LogP contribution in [0.2, 0.25) is 0 Å². The number of nitrogens with one attached hydrogen (secondary N) is 1. The molecule has 1 N–H and O–H groups in total. The Kier molecular flexibility index (Phi) is 1.91. The van der Waals surface area contributed by atoms with Crippen molar-refractivity contribution in [3.05, 3.63) is 18.0 Å². The third-order valence-corrected chi connectivity index (χ3v) is 3.09. The number of hydrogen-bond acceptors (Lipinski definition) is 2. The Bertz CT molecular complexity index is 301. The number of aromatic nitrogens is 2. The zero-order valence-corrected chi connectivity index (χ0v) is 8.54. The maximum atomic E-state index is 4.22. The van der Waals surface area contributed by atoms with Crippen LogP contribution in [0.1, 0.15) is 25.5 Å². The van der Waals surface area contributed by atoms with Gasteiger partial charge in [-0.25, -0.2) is 0 Å². The normalized spacial score (nSPS) is 26.5. The van der Waals surface area contributed by atoms with Crippen molar-refractivity contribution >= 4 is 0 Å². The van der Waals surface area contributed by atoms with Crippen molar-refractivity contribution in [2.24, 2.45) is 12.5 Å². The van der Waals surface area contributed by atoms with Crippen LogP contribution >= 0.6 is 0 Å². The van der Waals surface area contributed by atoms with Crippen LogP contribution in [0.4, 0.5) is 0 Å². The minimum atomic E-state index is 0.355. The standard InChI is InChI=1S/C10H17N3/c1-10(2)7-11-6-8(10)9-4-5-12-13(9)3/h4-5,8,11H,6-7H2,1-3H3/t8-/m1/s1. The Morgan fingerprint density at radius 3 is 2.85 bits per heavy atom. The predicted octanol–water partition coefficient (Wildman–Crippen LogP) is 1.13. The van der Waals surface area contributed by atoms with Crippen LogP contribution < -0.4 is 5.32 Å². The fourth-order valence-electron chi connectivity index (χ4n) is 2.17. The van der Waals surface area contributed by atoms with E-state index in [4.69, 9.17) is 0 Å². The summed E-state index contributed by atoms with van der Waals surface area (Å²) in [6.07, 6.45) is 1.88. The van der Waals surface area contributed by atoms with Gasteiger partial charge in [-0.1, -0.05) is 13.8 Å². The highest BCUT2D eigenvalue weighted by molar-refractivity contribution is 5.15. The minimum absolute atomic E-state index is 0.355. The van der Waals surface area contributed by atoms with Gasteiger partial charge in [0.25, 0.3) is 0 Å². The van der Waals surface area contributed by atoms with Crippen molar-refractivity contribution in [1.82, 2.24) is 15.1 Å². The number of rotatable bonds is 1. The number of nitrogens with zero attached hydrogens (tertiary/aromatic N) is 2. The highest BCUT2D eigenvalue weighted by Gasteiger charge is 2.36. The van der Waals surface area contributed by atoms with Gasteiger partial charge in [-0.05, 0) is 11.5 Å². The zero-order chi connectivity index (χ0) is 9.47. The first-order valence-electron chi connectivity index (χ1n) is 4.80. The fraction of sp³-hybridized carbons (Fsp3) is 0.700. The smallest absolute Gasteiger partial charge is 0.0492 e. The van der Waals surface area contributed by atoms with E-state index in [0.717, 1.165) is 13.1 Å². The van der Waals surface area contributed by atoms with E-state index in [-0.39, 0.29) is 0 Å². The van der Waals surface area contributed by atoms with Crippen molar-refractivity contribution in [2.45, 2.75) is 19.8 Å². The molecule has 2 rings (SSSR count). The van der Waals surface area contributed by atoms with Crippen LogP contribution in [0, 0.1) is 5.41 Å². The van der Waals surface area contributed by atoms with Crippen LogP contribution in [0.15, 0.2) is 12.3 Å². The molecule has 0 unspecified atom stereocenters. The maximum absolute atomic E-state index is 4.22. The quantitative estimate of drug-likeness (QED) is 0.700. The summed E-state index contributed by atoms with van der Waals surface area (Å²) in [7, 11) is 2.02. The molecule has 0 spiro atoms. The zero-order valence-electron chi connectivity index (χ0n) is 8.54. The Hall–Kier alpha value is -0.830. The maximum Gasteiger partial charge on any atom is 0.0492 e. The van der Waals surface area contributed by atoms with Gasteiger partial charge in [-0.2, -0.15) is 5.10 Å². The molecule has 1 aromatic heterocycles. The molecule has 1 aliphatic rings. The molecule has 0 bridgehead atoms. The van der Waals surface area contributed by atoms with E-state index in [1.54, 1.807) is 0 Å². The summed E-state index contributed by atoms with van der Waals surface area (Å²) in [4.78, 5) is 0. The van der Waals surface area contributed by atoms with Crippen molar-refractivity contribution < 1.29 is 0 Å². The molecule has 0 aliphatic carbocycles. The van der Waals surface area contributed by atoms with E-state index in [1.165, 1.54) is 5.69 Å². The molecular formula is C10H17N3. The number of aryl methyl sites for hydroxylation is 1. The molecule has 2 heterocycles. The van der Waals surface area contributed by atoms with Crippen molar-refractivity contribution in [2.75, 3.05) is 13.1 Å². The lowest BCUT2D eigenvalue weighted by molar-refractivity contribution is 0.350. The van der Waals surface area contributed by atoms with E-state index >= 15 is 0 Å². The van der Waals surface area contributed by atoms with Gasteiger partial charge < -0.3 is 5.32 Å². The van der Waals surface area contributed by atoms with Gasteiger partial charge in [-0.15, -0.1) is 0 Å². The predicted molar refractivity (Wildman–Crippen MR) is 52.6 cm³/mol. The van der Waals surface area contributed by atoms with Gasteiger partial charge in [0.1, 0.15) is 0 Å². The van der Waals surface area contributed by atoms with Crippen LogP contribution in [-0.4, -0.2) is 22.9 Å². The summed E-state index contributed by atoms with van der Waals surface area (Å²) in [5.74, 6) is 0.597. The first-order valence-corrected chi connectivity index (χ1v) is 4.80. The Morgan fingerprint density at radius 2 is 2.38 bits per heavy atom. The minimum Gasteiger partial charge on any atom is -0.315 e. The molecule has 1 aromatic rings. The summed E-state index contributed by atoms with van der Waals surface area (Å²) < 4.78 is 1.99. The molecule has 3 nitrogen and oxygen atoms in total. The summed E-state index contributed by atoms with van der Waals surface area (Å²) in [6, 6.07) is 2.12. The van der Waals surface area contributed by atoms with Gasteiger partial charge in [0.05, 0.1) is 0 Å². The largest absolute Gasteiger partial charge is 0.315 e. The monoisotopic (exact) mass is 179 g/mol. The average Bonchev–Trinajstić information content (AvgIpc) is 2.56. The summed E-state index contributed by atoms with van der Waals surface area (Å²) in [5, 5.41) is 7.65. The van der Waals surface area contributed by atoms with Crippen LogP contribution in [0.5, 0.6) is 0 Å². The number of hydrogen-bond donors (Lipinski definition) is 1. The van der Waals surface area contributed by atoms with E-state index in [0.29, 0.717) is 11.3 Å². The molecule has 1 aliphatic heterocycles. The summed E-state index contributed by atoms with van der Waals surface area (Å²) >= 11 is 0. The SMILES string of the molecule is Cn1nccc1[C@H]1CNCC1(C)C. The van der Waals surface area contributed by atoms with Crippen LogP contribution in [-0.2, 0) is 7.05 Å². The molecule has 3 heteroatoms. The second-order valence-corrected chi connectivity index (χ2v) is 4.55. The highest BCUT2D eigenvalue weighted by atomic mass is 15.3. The lowest BCUT2D eigenvalue weighted by atomic mass is 9.80. The van der Waals surface area contributed by atoms with E-state index in [9.17, 15) is 0 Å². The molecule has 1 atom stereocenters. The van der Waals surface area contributed by atoms with Crippen molar-refractivity contribution in [3.8, 4) is 0 Å². The molecule has 1 fully saturated rings. The van der Waals surface area contributed by atoms with Crippen molar-refractivity contribution in [3.63, 3.8) is 0 Å². The van der Waals surface area contributed by atoms with E-state index in [1.807, 2.05) is 17.9 Å². The molecule has 13 heavy (non-hydrogen) atoms. The summed E-state index contributed by atoms with van der Waals surface area (Å²) in [6.45, 7) is 6.80. The Labute approximate surface area is 79.1 Å². The second-order valence-electron chi connectivity index (χ2n) is 4.55. The van der Waals surface area contributed by atoms with E-state index < -0.39 is 0 Å². The fourth-order valence-corrected chi connectivity index (χ4v) is 2.17. The molecule has 0 aromatic carbocycles. The topological polar surface area (TPSA) is 29.9 Å². The molecule has 1 saturated heterocycles. The van der Waals surface area contributed by atoms with Gasteiger partial charge in [0.2, 0.25) is 0 Å². The van der Waals surface area contributed by atoms with Crippen LogP contribution in [0.25, 0.3) is 0 Å². The second kappa shape index (κ2) is 2.84. The summed E-state index contributed by atoms with van der Waals surface area (Å²) in [5.41, 5.74) is 1.70. The molecule has 0 amide bonds. The van der Waals surface area contributed by atoms with Crippen LogP contribution in [0.3, 0.4) is 0 Å². The average molecular weight is 179 g/mol.